The number of nitrogens with zero attached hydrogens (tertiary/aromatic N) is 4. The van der Waals surface area contributed by atoms with E-state index in [0.29, 0.717) is 6.04 Å². The van der Waals surface area contributed by atoms with Crippen LogP contribution in [0.2, 0.25) is 0 Å². The quantitative estimate of drug-likeness (QED) is 0.646. The van der Waals surface area contributed by atoms with Crippen LogP contribution in [0.5, 0.6) is 0 Å². The van der Waals surface area contributed by atoms with E-state index in [1.54, 1.807) is 6.07 Å². The average molecular weight is 287 g/mol. The first-order valence-corrected chi connectivity index (χ1v) is 7.07. The summed E-state index contributed by atoms with van der Waals surface area (Å²) in [7, 11) is 0. The molecule has 3 rings (SSSR count). The van der Waals surface area contributed by atoms with Gasteiger partial charge in [-0.1, -0.05) is 0 Å². The molecular formula is C14H17N5O2. The standard InChI is InChI=1S/C14H17N5O2/c15-8-11-1-2-12(7-14(11)19(20)21)17-3-5-18(6-4-17)13-9-16-10-13/h1-2,7,13,16H,3-6,9-10H2. The largest absolute Gasteiger partial charge is 0.369 e. The molecule has 110 valence electrons. The molecule has 0 amide bonds. The predicted molar refractivity (Wildman–Crippen MR) is 78.3 cm³/mol. The third-order valence-electron chi connectivity index (χ3n) is 4.25. The zero-order valence-electron chi connectivity index (χ0n) is 11.7. The van der Waals surface area contributed by atoms with Gasteiger partial charge in [-0.25, -0.2) is 0 Å². The van der Waals surface area contributed by atoms with Gasteiger partial charge in [0.2, 0.25) is 0 Å². The molecule has 0 saturated carbocycles. The molecule has 2 heterocycles. The molecule has 7 heteroatoms. The van der Waals surface area contributed by atoms with E-state index in [2.05, 4.69) is 15.1 Å². The lowest BCUT2D eigenvalue weighted by Crippen LogP contribution is -2.61. The Kier molecular flexibility index (Phi) is 3.73. The van der Waals surface area contributed by atoms with Crippen molar-refractivity contribution in [3.05, 3.63) is 33.9 Å². The van der Waals surface area contributed by atoms with E-state index < -0.39 is 4.92 Å². The summed E-state index contributed by atoms with van der Waals surface area (Å²) in [6.45, 7) is 5.78. The Labute approximate surface area is 122 Å². The highest BCUT2D eigenvalue weighted by molar-refractivity contribution is 5.60. The van der Waals surface area contributed by atoms with E-state index in [0.717, 1.165) is 45.0 Å². The van der Waals surface area contributed by atoms with Gasteiger partial charge in [0.1, 0.15) is 11.6 Å². The van der Waals surface area contributed by atoms with E-state index in [9.17, 15) is 10.1 Å². The van der Waals surface area contributed by atoms with Crippen LogP contribution in [0.3, 0.4) is 0 Å². The Balaban J connectivity index is 1.71. The Bertz CT molecular complexity index is 586. The molecule has 1 N–H and O–H groups in total. The lowest BCUT2D eigenvalue weighted by Gasteiger charge is -2.43. The molecule has 7 nitrogen and oxygen atoms in total. The van der Waals surface area contributed by atoms with Crippen molar-refractivity contribution in [2.45, 2.75) is 6.04 Å². The SMILES string of the molecule is N#Cc1ccc(N2CCN(C3CNC3)CC2)cc1[N+](=O)[O-]. The number of nitro groups is 1. The minimum Gasteiger partial charge on any atom is -0.369 e. The summed E-state index contributed by atoms with van der Waals surface area (Å²) in [6.07, 6.45) is 0. The van der Waals surface area contributed by atoms with E-state index in [4.69, 9.17) is 5.26 Å². The number of nitrogens with one attached hydrogen (secondary N) is 1. The first-order valence-electron chi connectivity index (χ1n) is 7.07. The number of anilines is 1. The molecule has 2 aliphatic rings. The fraction of sp³-hybridized carbons (Fsp3) is 0.500. The van der Waals surface area contributed by atoms with Crippen LogP contribution in [0.25, 0.3) is 0 Å². The molecule has 0 unspecified atom stereocenters. The Morgan fingerprint density at radius 1 is 1.29 bits per heavy atom. The van der Waals surface area contributed by atoms with Crippen LogP contribution in [-0.4, -0.2) is 55.1 Å². The second-order valence-electron chi connectivity index (χ2n) is 5.41. The maximum atomic E-state index is 11.0. The zero-order chi connectivity index (χ0) is 14.8. The van der Waals surface area contributed by atoms with Crippen molar-refractivity contribution in [1.82, 2.24) is 10.2 Å². The Morgan fingerprint density at radius 3 is 2.52 bits per heavy atom. The van der Waals surface area contributed by atoms with Gasteiger partial charge in [-0.15, -0.1) is 0 Å². The number of rotatable bonds is 3. The van der Waals surface area contributed by atoms with Gasteiger partial charge in [0.25, 0.3) is 5.69 Å². The second-order valence-corrected chi connectivity index (χ2v) is 5.41. The van der Waals surface area contributed by atoms with Crippen molar-refractivity contribution in [1.29, 1.82) is 5.26 Å². The van der Waals surface area contributed by atoms with Gasteiger partial charge in [-0.2, -0.15) is 5.26 Å². The summed E-state index contributed by atoms with van der Waals surface area (Å²) in [4.78, 5) is 15.1. The molecule has 1 aromatic carbocycles. The Morgan fingerprint density at radius 2 is 2.00 bits per heavy atom. The Hall–Kier alpha value is -2.17. The highest BCUT2D eigenvalue weighted by Gasteiger charge is 2.28. The van der Waals surface area contributed by atoms with Gasteiger partial charge in [0.15, 0.2) is 0 Å². The summed E-state index contributed by atoms with van der Waals surface area (Å²) < 4.78 is 0. The molecule has 2 fully saturated rings. The summed E-state index contributed by atoms with van der Waals surface area (Å²) >= 11 is 0. The summed E-state index contributed by atoms with van der Waals surface area (Å²) in [6, 6.07) is 7.36. The number of nitro benzene ring substituents is 1. The topological polar surface area (TPSA) is 85.4 Å². The van der Waals surface area contributed by atoms with Crippen molar-refractivity contribution in [2.24, 2.45) is 0 Å². The molecule has 1 aromatic rings. The molecule has 0 aromatic heterocycles. The van der Waals surface area contributed by atoms with E-state index >= 15 is 0 Å². The normalized spacial score (nSPS) is 19.9. The summed E-state index contributed by atoms with van der Waals surface area (Å²) in [5.74, 6) is 0. The van der Waals surface area contributed by atoms with Crippen LogP contribution in [0, 0.1) is 21.4 Å². The third-order valence-corrected chi connectivity index (χ3v) is 4.25. The highest BCUT2D eigenvalue weighted by atomic mass is 16.6. The number of nitriles is 1. The summed E-state index contributed by atoms with van der Waals surface area (Å²) in [5.41, 5.74) is 0.829. The van der Waals surface area contributed by atoms with Crippen LogP contribution < -0.4 is 10.2 Å². The molecule has 0 radical (unpaired) electrons. The number of benzene rings is 1. The number of hydrogen-bond acceptors (Lipinski definition) is 6. The molecule has 0 atom stereocenters. The predicted octanol–water partition coefficient (Wildman–Crippen LogP) is 0.560. The van der Waals surface area contributed by atoms with E-state index in [1.807, 2.05) is 6.07 Å². The molecule has 0 aliphatic carbocycles. The van der Waals surface area contributed by atoms with Crippen LogP contribution in [0.1, 0.15) is 5.56 Å². The first-order chi connectivity index (χ1) is 10.2. The molecule has 0 bridgehead atoms. The lowest BCUT2D eigenvalue weighted by atomic mass is 10.1. The van der Waals surface area contributed by atoms with Gasteiger partial charge < -0.3 is 10.2 Å². The van der Waals surface area contributed by atoms with Crippen molar-refractivity contribution >= 4 is 11.4 Å². The van der Waals surface area contributed by atoms with Crippen LogP contribution >= 0.6 is 0 Å². The first kappa shape index (κ1) is 13.8. The van der Waals surface area contributed by atoms with Crippen molar-refractivity contribution in [3.63, 3.8) is 0 Å². The van der Waals surface area contributed by atoms with Gasteiger partial charge >= 0.3 is 0 Å². The molecular weight excluding hydrogens is 270 g/mol. The van der Waals surface area contributed by atoms with Gasteiger partial charge in [0, 0.05) is 57.1 Å². The average Bonchev–Trinajstić information content (AvgIpc) is 2.45. The van der Waals surface area contributed by atoms with Crippen molar-refractivity contribution in [2.75, 3.05) is 44.2 Å². The highest BCUT2D eigenvalue weighted by Crippen LogP contribution is 2.26. The van der Waals surface area contributed by atoms with E-state index in [1.165, 1.54) is 12.1 Å². The smallest absolute Gasteiger partial charge is 0.289 e. The van der Waals surface area contributed by atoms with Crippen LogP contribution in [0.4, 0.5) is 11.4 Å². The van der Waals surface area contributed by atoms with Crippen molar-refractivity contribution in [3.8, 4) is 6.07 Å². The van der Waals surface area contributed by atoms with Gasteiger partial charge in [0.05, 0.1) is 4.92 Å². The second kappa shape index (κ2) is 5.68. The van der Waals surface area contributed by atoms with Crippen molar-refractivity contribution < 1.29 is 4.92 Å². The third kappa shape index (κ3) is 2.68. The van der Waals surface area contributed by atoms with E-state index in [-0.39, 0.29) is 11.3 Å². The molecule has 2 aliphatic heterocycles. The number of piperazine rings is 1. The number of hydrogen-bond donors (Lipinski definition) is 1. The van der Waals surface area contributed by atoms with Gasteiger partial charge in [-0.3, -0.25) is 15.0 Å². The maximum absolute atomic E-state index is 11.0. The van der Waals surface area contributed by atoms with Gasteiger partial charge in [-0.05, 0) is 12.1 Å². The molecule has 21 heavy (non-hydrogen) atoms. The molecule has 0 spiro atoms. The minimum absolute atomic E-state index is 0.111. The minimum atomic E-state index is -0.488. The van der Waals surface area contributed by atoms with Crippen LogP contribution in [0.15, 0.2) is 18.2 Å². The maximum Gasteiger partial charge on any atom is 0.289 e. The van der Waals surface area contributed by atoms with Crippen LogP contribution in [-0.2, 0) is 0 Å². The zero-order valence-corrected chi connectivity index (χ0v) is 11.7. The fourth-order valence-corrected chi connectivity index (χ4v) is 2.84. The molecule has 2 saturated heterocycles. The fourth-order valence-electron chi connectivity index (χ4n) is 2.84. The monoisotopic (exact) mass is 287 g/mol. The lowest BCUT2D eigenvalue weighted by molar-refractivity contribution is -0.385. The summed E-state index contributed by atoms with van der Waals surface area (Å²) in [5, 5.41) is 23.2.